The molecule has 2 heterocycles. The van der Waals surface area contributed by atoms with Crippen LogP contribution in [0.3, 0.4) is 0 Å². The first kappa shape index (κ1) is 21.0. The number of aliphatic hydroxyl groups excluding tert-OH is 1. The van der Waals surface area contributed by atoms with Crippen LogP contribution in [0.2, 0.25) is 0 Å². The highest BCUT2D eigenvalue weighted by Gasteiger charge is 2.30. The van der Waals surface area contributed by atoms with E-state index in [-0.39, 0.29) is 5.56 Å². The Morgan fingerprint density at radius 3 is 2.76 bits per heavy atom. The smallest absolute Gasteiger partial charge is 0.409 e. The molecule has 0 saturated carbocycles. The molecule has 0 spiro atoms. The Morgan fingerprint density at radius 1 is 1.41 bits per heavy atom. The SMILES string of the molecule is COC(=O)N1CCc2c(c(N(C)c3ccc(C)c(C(F)F)c3)nn2CC(C)O)C1. The van der Waals surface area contributed by atoms with Crippen molar-refractivity contribution in [1.29, 1.82) is 0 Å². The number of hydrogen-bond donors (Lipinski definition) is 1. The van der Waals surface area contributed by atoms with Gasteiger partial charge in [0.15, 0.2) is 5.82 Å². The summed E-state index contributed by atoms with van der Waals surface area (Å²) in [7, 11) is 3.09. The molecule has 7 nitrogen and oxygen atoms in total. The number of amides is 1. The monoisotopic (exact) mass is 408 g/mol. The van der Waals surface area contributed by atoms with Gasteiger partial charge in [-0.3, -0.25) is 4.68 Å². The maximum Gasteiger partial charge on any atom is 0.409 e. The minimum Gasteiger partial charge on any atom is -0.453 e. The number of aryl methyl sites for hydroxylation is 1. The summed E-state index contributed by atoms with van der Waals surface area (Å²) in [5, 5.41) is 14.5. The van der Waals surface area contributed by atoms with E-state index in [4.69, 9.17) is 4.74 Å². The quantitative estimate of drug-likeness (QED) is 0.821. The molecule has 1 unspecified atom stereocenters. The molecule has 158 valence electrons. The number of carbonyl (C=O) groups excluding carboxylic acids is 1. The lowest BCUT2D eigenvalue weighted by Gasteiger charge is -2.28. The van der Waals surface area contributed by atoms with Gasteiger partial charge in [-0.05, 0) is 31.5 Å². The van der Waals surface area contributed by atoms with Crippen molar-refractivity contribution in [2.45, 2.75) is 45.9 Å². The maximum atomic E-state index is 13.3. The maximum absolute atomic E-state index is 13.3. The van der Waals surface area contributed by atoms with E-state index in [0.717, 1.165) is 11.3 Å². The molecule has 0 bridgehead atoms. The lowest BCUT2D eigenvalue weighted by atomic mass is 10.1. The van der Waals surface area contributed by atoms with Gasteiger partial charge >= 0.3 is 6.09 Å². The van der Waals surface area contributed by atoms with Gasteiger partial charge in [-0.15, -0.1) is 0 Å². The van der Waals surface area contributed by atoms with E-state index in [0.29, 0.717) is 43.1 Å². The van der Waals surface area contributed by atoms with Gasteiger partial charge in [0.25, 0.3) is 6.43 Å². The summed E-state index contributed by atoms with van der Waals surface area (Å²) in [6, 6.07) is 4.89. The molecule has 0 radical (unpaired) electrons. The van der Waals surface area contributed by atoms with Crippen LogP contribution in [0.15, 0.2) is 18.2 Å². The summed E-state index contributed by atoms with van der Waals surface area (Å²) in [6.07, 6.45) is -3.03. The normalized spacial score (nSPS) is 14.7. The topological polar surface area (TPSA) is 70.8 Å². The Kier molecular flexibility index (Phi) is 6.07. The second kappa shape index (κ2) is 8.36. The van der Waals surface area contributed by atoms with Crippen molar-refractivity contribution < 1.29 is 23.4 Å². The highest BCUT2D eigenvalue weighted by molar-refractivity contribution is 5.70. The molecule has 0 saturated heterocycles. The summed E-state index contributed by atoms with van der Waals surface area (Å²) in [4.78, 5) is 15.3. The van der Waals surface area contributed by atoms with Gasteiger partial charge in [-0.2, -0.15) is 5.10 Å². The summed E-state index contributed by atoms with van der Waals surface area (Å²) < 4.78 is 33.3. The highest BCUT2D eigenvalue weighted by Crippen LogP contribution is 2.34. The van der Waals surface area contributed by atoms with Crippen LogP contribution >= 0.6 is 0 Å². The Balaban J connectivity index is 2.03. The van der Waals surface area contributed by atoms with Crippen LogP contribution in [0, 0.1) is 6.92 Å². The molecule has 1 aromatic carbocycles. The fraction of sp³-hybridized carbons (Fsp3) is 0.500. The van der Waals surface area contributed by atoms with Crippen LogP contribution in [-0.2, 0) is 24.2 Å². The Bertz CT molecular complexity index is 898. The second-order valence-corrected chi connectivity index (χ2v) is 7.32. The molecule has 1 atom stereocenters. The number of benzene rings is 1. The molecule has 2 aromatic rings. The molecular formula is C20H26F2N4O3. The number of rotatable bonds is 5. The predicted octanol–water partition coefficient (Wildman–Crippen LogP) is 3.40. The van der Waals surface area contributed by atoms with Crippen molar-refractivity contribution in [3.8, 4) is 0 Å². The fourth-order valence-corrected chi connectivity index (χ4v) is 3.62. The van der Waals surface area contributed by atoms with Gasteiger partial charge in [0.05, 0.1) is 26.3 Å². The number of methoxy groups -OCH3 is 1. The van der Waals surface area contributed by atoms with Crippen molar-refractivity contribution in [2.24, 2.45) is 0 Å². The first-order valence-corrected chi connectivity index (χ1v) is 9.44. The Labute approximate surface area is 168 Å². The third-order valence-corrected chi connectivity index (χ3v) is 5.19. The molecule has 1 amide bonds. The number of ether oxygens (including phenoxy) is 1. The van der Waals surface area contributed by atoms with Crippen molar-refractivity contribution in [1.82, 2.24) is 14.7 Å². The molecule has 1 aliphatic rings. The Hall–Kier alpha value is -2.68. The van der Waals surface area contributed by atoms with E-state index < -0.39 is 18.6 Å². The number of hydrogen-bond acceptors (Lipinski definition) is 5. The van der Waals surface area contributed by atoms with Crippen molar-refractivity contribution >= 4 is 17.6 Å². The number of halogens is 2. The zero-order valence-corrected chi connectivity index (χ0v) is 17.0. The van der Waals surface area contributed by atoms with Crippen LogP contribution in [0.5, 0.6) is 0 Å². The zero-order chi connectivity index (χ0) is 21.3. The molecule has 0 fully saturated rings. The van der Waals surface area contributed by atoms with Gasteiger partial charge in [-0.1, -0.05) is 6.07 Å². The van der Waals surface area contributed by atoms with Crippen molar-refractivity contribution in [3.63, 3.8) is 0 Å². The average Bonchev–Trinajstić information content (AvgIpc) is 3.04. The minimum atomic E-state index is -2.57. The fourth-order valence-electron chi connectivity index (χ4n) is 3.62. The number of anilines is 2. The van der Waals surface area contributed by atoms with Crippen LogP contribution < -0.4 is 4.90 Å². The number of aliphatic hydroxyl groups is 1. The number of aromatic nitrogens is 2. The van der Waals surface area contributed by atoms with Crippen LogP contribution in [0.25, 0.3) is 0 Å². The first-order valence-electron chi connectivity index (χ1n) is 9.44. The number of alkyl halides is 2. The molecule has 1 aromatic heterocycles. The van der Waals surface area contributed by atoms with E-state index in [9.17, 15) is 18.7 Å². The van der Waals surface area contributed by atoms with E-state index >= 15 is 0 Å². The lowest BCUT2D eigenvalue weighted by Crippen LogP contribution is -2.36. The van der Waals surface area contributed by atoms with Crippen molar-refractivity contribution in [3.05, 3.63) is 40.6 Å². The van der Waals surface area contributed by atoms with Crippen LogP contribution in [-0.4, -0.2) is 52.7 Å². The number of nitrogens with zero attached hydrogens (tertiary/aromatic N) is 4. The second-order valence-electron chi connectivity index (χ2n) is 7.32. The first-order chi connectivity index (χ1) is 13.7. The summed E-state index contributed by atoms with van der Waals surface area (Å²) >= 11 is 0. The summed E-state index contributed by atoms with van der Waals surface area (Å²) in [5.74, 6) is 0.568. The standard InChI is InChI=1S/C20H26F2N4O3/c1-12-5-6-14(9-15(12)18(21)22)24(3)19-16-11-25(20(28)29-4)8-7-17(16)26(23-19)10-13(2)27/h5-6,9,13,18,27H,7-8,10-11H2,1-4H3. The third-order valence-electron chi connectivity index (χ3n) is 5.19. The predicted molar refractivity (Wildman–Crippen MR) is 105 cm³/mol. The van der Waals surface area contributed by atoms with E-state index in [1.54, 1.807) is 47.5 Å². The lowest BCUT2D eigenvalue weighted by molar-refractivity contribution is 0.117. The molecule has 1 N–H and O–H groups in total. The summed E-state index contributed by atoms with van der Waals surface area (Å²) in [5.41, 5.74) is 2.82. The van der Waals surface area contributed by atoms with Gasteiger partial charge in [0.1, 0.15) is 0 Å². The van der Waals surface area contributed by atoms with Crippen LogP contribution in [0.4, 0.5) is 25.1 Å². The zero-order valence-electron chi connectivity index (χ0n) is 17.0. The number of carbonyl (C=O) groups is 1. The molecule has 1 aliphatic heterocycles. The third kappa shape index (κ3) is 4.19. The highest BCUT2D eigenvalue weighted by atomic mass is 19.3. The van der Waals surface area contributed by atoms with Crippen molar-refractivity contribution in [2.75, 3.05) is 25.6 Å². The van der Waals surface area contributed by atoms with E-state index in [1.807, 2.05) is 0 Å². The van der Waals surface area contributed by atoms with Gasteiger partial charge in [0, 0.05) is 42.5 Å². The molecule has 0 aliphatic carbocycles. The van der Waals surface area contributed by atoms with E-state index in [1.165, 1.54) is 13.2 Å². The molecule has 29 heavy (non-hydrogen) atoms. The summed E-state index contributed by atoms with van der Waals surface area (Å²) in [6.45, 7) is 4.42. The molecule has 9 heteroatoms. The van der Waals surface area contributed by atoms with Gasteiger partial charge in [0.2, 0.25) is 0 Å². The van der Waals surface area contributed by atoms with E-state index in [2.05, 4.69) is 5.10 Å². The van der Waals surface area contributed by atoms with Crippen LogP contribution in [0.1, 0.15) is 35.7 Å². The average molecular weight is 408 g/mol. The largest absolute Gasteiger partial charge is 0.453 e. The molecule has 3 rings (SSSR count). The minimum absolute atomic E-state index is 0.0252. The van der Waals surface area contributed by atoms with Gasteiger partial charge in [-0.25, -0.2) is 13.6 Å². The van der Waals surface area contributed by atoms with Gasteiger partial charge < -0.3 is 19.6 Å². The number of fused-ring (bicyclic) bond motifs is 1. The Morgan fingerprint density at radius 2 is 2.14 bits per heavy atom. The molecular weight excluding hydrogens is 382 g/mol.